The van der Waals surface area contributed by atoms with Crippen molar-refractivity contribution < 1.29 is 9.90 Å². The Morgan fingerprint density at radius 1 is 1.58 bits per heavy atom. The van der Waals surface area contributed by atoms with Gasteiger partial charge in [-0.25, -0.2) is 0 Å². The lowest BCUT2D eigenvalue weighted by Gasteiger charge is -2.25. The van der Waals surface area contributed by atoms with Crippen LogP contribution in [-0.2, 0) is 4.79 Å². The Balaban J connectivity index is 3.94. The van der Waals surface area contributed by atoms with E-state index in [-0.39, 0.29) is 17.9 Å². The first kappa shape index (κ1) is 11.4. The Hall–Kier alpha value is -0.570. The second-order valence-corrected chi connectivity index (χ2v) is 4.11. The zero-order valence-electron chi connectivity index (χ0n) is 8.13. The van der Waals surface area contributed by atoms with Gasteiger partial charge in [0.1, 0.15) is 0 Å². The summed E-state index contributed by atoms with van der Waals surface area (Å²) in [5, 5.41) is 8.59. The van der Waals surface area contributed by atoms with Gasteiger partial charge in [0.15, 0.2) is 0 Å². The highest BCUT2D eigenvalue weighted by Gasteiger charge is 2.23. The number of hydrogen-bond donors (Lipinski definition) is 2. The fourth-order valence-electron chi connectivity index (χ4n) is 1.34. The predicted molar refractivity (Wildman–Crippen MR) is 48.9 cm³/mol. The molecule has 0 aliphatic heterocycles. The van der Waals surface area contributed by atoms with E-state index in [9.17, 15) is 4.79 Å². The molecule has 0 rings (SSSR count). The highest BCUT2D eigenvalue weighted by Crippen LogP contribution is 2.26. The fourth-order valence-corrected chi connectivity index (χ4v) is 1.34. The third-order valence-corrected chi connectivity index (χ3v) is 1.97. The summed E-state index contributed by atoms with van der Waals surface area (Å²) in [6, 6.07) is 0.124. The average molecular weight is 173 g/mol. The molecule has 0 aromatic carbocycles. The fraction of sp³-hybridized carbons (Fsp3) is 0.889. The Bertz CT molecular complexity index is 155. The Kier molecular flexibility index (Phi) is 4.24. The number of carboxylic acid groups (broad SMARTS) is 1. The summed E-state index contributed by atoms with van der Waals surface area (Å²) in [5.41, 5.74) is 5.56. The molecule has 0 bridgehead atoms. The number of rotatable bonds is 5. The smallest absolute Gasteiger partial charge is 0.303 e. The maximum atomic E-state index is 10.4. The van der Waals surface area contributed by atoms with Crippen molar-refractivity contribution >= 4 is 5.97 Å². The lowest BCUT2D eigenvalue weighted by molar-refractivity contribution is -0.139. The monoisotopic (exact) mass is 173 g/mol. The molecule has 1 unspecified atom stereocenters. The molecule has 72 valence electrons. The van der Waals surface area contributed by atoms with Gasteiger partial charge in [0.2, 0.25) is 0 Å². The van der Waals surface area contributed by atoms with Crippen LogP contribution in [0.2, 0.25) is 0 Å². The molecule has 0 saturated carbocycles. The summed E-state index contributed by atoms with van der Waals surface area (Å²) in [7, 11) is 0. The van der Waals surface area contributed by atoms with Gasteiger partial charge in [0.25, 0.3) is 0 Å². The van der Waals surface area contributed by atoms with E-state index in [4.69, 9.17) is 10.8 Å². The van der Waals surface area contributed by atoms with Crippen LogP contribution in [0, 0.1) is 5.41 Å². The highest BCUT2D eigenvalue weighted by atomic mass is 16.4. The van der Waals surface area contributed by atoms with Crippen LogP contribution in [0.4, 0.5) is 0 Å². The SMILES string of the molecule is CCC(N)CC(C)(C)CC(=O)O. The highest BCUT2D eigenvalue weighted by molar-refractivity contribution is 5.67. The minimum Gasteiger partial charge on any atom is -0.481 e. The molecule has 1 atom stereocenters. The first-order valence-electron chi connectivity index (χ1n) is 4.35. The Morgan fingerprint density at radius 3 is 2.42 bits per heavy atom. The molecule has 0 aliphatic rings. The van der Waals surface area contributed by atoms with Crippen molar-refractivity contribution in [2.24, 2.45) is 11.1 Å². The minimum absolute atomic E-state index is 0.124. The molecule has 0 amide bonds. The van der Waals surface area contributed by atoms with Crippen molar-refractivity contribution in [1.82, 2.24) is 0 Å². The van der Waals surface area contributed by atoms with Gasteiger partial charge in [0.05, 0.1) is 6.42 Å². The van der Waals surface area contributed by atoms with Crippen LogP contribution >= 0.6 is 0 Å². The largest absolute Gasteiger partial charge is 0.481 e. The van der Waals surface area contributed by atoms with Gasteiger partial charge in [-0.3, -0.25) is 4.79 Å². The molecule has 0 spiro atoms. The number of carboxylic acids is 1. The van der Waals surface area contributed by atoms with Gasteiger partial charge in [-0.15, -0.1) is 0 Å². The van der Waals surface area contributed by atoms with Crippen molar-refractivity contribution in [2.75, 3.05) is 0 Å². The van der Waals surface area contributed by atoms with E-state index in [0.29, 0.717) is 0 Å². The van der Waals surface area contributed by atoms with Crippen LogP contribution < -0.4 is 5.73 Å². The predicted octanol–water partition coefficient (Wildman–Crippen LogP) is 1.61. The van der Waals surface area contributed by atoms with Crippen molar-refractivity contribution in [3.63, 3.8) is 0 Å². The van der Waals surface area contributed by atoms with Crippen LogP contribution in [-0.4, -0.2) is 17.1 Å². The van der Waals surface area contributed by atoms with Crippen LogP contribution in [0.1, 0.15) is 40.0 Å². The van der Waals surface area contributed by atoms with Gasteiger partial charge in [0, 0.05) is 6.04 Å². The third kappa shape index (κ3) is 5.13. The van der Waals surface area contributed by atoms with Gasteiger partial charge < -0.3 is 10.8 Å². The third-order valence-electron chi connectivity index (χ3n) is 1.97. The van der Waals surface area contributed by atoms with Crippen molar-refractivity contribution in [3.05, 3.63) is 0 Å². The molecular weight excluding hydrogens is 154 g/mol. The second-order valence-electron chi connectivity index (χ2n) is 4.11. The van der Waals surface area contributed by atoms with E-state index < -0.39 is 5.97 Å². The van der Waals surface area contributed by atoms with Crippen molar-refractivity contribution in [1.29, 1.82) is 0 Å². The Labute approximate surface area is 74.0 Å². The molecule has 12 heavy (non-hydrogen) atoms. The summed E-state index contributed by atoms with van der Waals surface area (Å²) >= 11 is 0. The molecular formula is C9H19NO2. The molecule has 0 aromatic rings. The summed E-state index contributed by atoms with van der Waals surface area (Å²) < 4.78 is 0. The van der Waals surface area contributed by atoms with Crippen LogP contribution in [0.5, 0.6) is 0 Å². The molecule has 0 heterocycles. The molecule has 0 radical (unpaired) electrons. The lowest BCUT2D eigenvalue weighted by atomic mass is 9.82. The quantitative estimate of drug-likeness (QED) is 0.664. The van der Waals surface area contributed by atoms with E-state index in [1.165, 1.54) is 0 Å². The van der Waals surface area contributed by atoms with Crippen LogP contribution in [0.15, 0.2) is 0 Å². The molecule has 0 aromatic heterocycles. The molecule has 0 aliphatic carbocycles. The topological polar surface area (TPSA) is 63.3 Å². The van der Waals surface area contributed by atoms with Gasteiger partial charge in [-0.2, -0.15) is 0 Å². The van der Waals surface area contributed by atoms with Gasteiger partial charge in [-0.05, 0) is 18.3 Å². The van der Waals surface area contributed by atoms with Gasteiger partial charge >= 0.3 is 5.97 Å². The van der Waals surface area contributed by atoms with Crippen LogP contribution in [0.25, 0.3) is 0 Å². The normalized spacial score (nSPS) is 14.3. The van der Waals surface area contributed by atoms with E-state index in [0.717, 1.165) is 12.8 Å². The van der Waals surface area contributed by atoms with Crippen molar-refractivity contribution in [2.45, 2.75) is 46.1 Å². The molecule has 3 nitrogen and oxygen atoms in total. The first-order valence-corrected chi connectivity index (χ1v) is 4.35. The van der Waals surface area contributed by atoms with E-state index in [1.54, 1.807) is 0 Å². The molecule has 3 heteroatoms. The number of hydrogen-bond acceptors (Lipinski definition) is 2. The van der Waals surface area contributed by atoms with E-state index >= 15 is 0 Å². The average Bonchev–Trinajstić information content (AvgIpc) is 1.83. The zero-order chi connectivity index (χ0) is 9.78. The minimum atomic E-state index is -0.747. The number of nitrogens with two attached hydrogens (primary N) is 1. The summed E-state index contributed by atoms with van der Waals surface area (Å²) in [4.78, 5) is 10.4. The molecule has 0 fully saturated rings. The van der Waals surface area contributed by atoms with E-state index in [2.05, 4.69) is 0 Å². The molecule has 3 N–H and O–H groups in total. The first-order chi connectivity index (χ1) is 5.37. The maximum absolute atomic E-state index is 10.4. The standard InChI is InChI=1S/C9H19NO2/c1-4-7(10)5-9(2,3)6-8(11)12/h7H,4-6,10H2,1-3H3,(H,11,12). The van der Waals surface area contributed by atoms with Gasteiger partial charge in [-0.1, -0.05) is 20.8 Å². The van der Waals surface area contributed by atoms with E-state index in [1.807, 2.05) is 20.8 Å². The number of carbonyl (C=O) groups is 1. The second kappa shape index (κ2) is 4.45. The molecule has 0 saturated heterocycles. The summed E-state index contributed by atoms with van der Waals surface area (Å²) in [6.45, 7) is 5.90. The lowest BCUT2D eigenvalue weighted by Crippen LogP contribution is -2.28. The zero-order valence-corrected chi connectivity index (χ0v) is 8.13. The Morgan fingerprint density at radius 2 is 2.08 bits per heavy atom. The summed E-state index contributed by atoms with van der Waals surface area (Å²) in [5.74, 6) is -0.747. The maximum Gasteiger partial charge on any atom is 0.303 e. The number of aliphatic carboxylic acids is 1. The van der Waals surface area contributed by atoms with Crippen LogP contribution in [0.3, 0.4) is 0 Å². The van der Waals surface area contributed by atoms with Crippen molar-refractivity contribution in [3.8, 4) is 0 Å². The summed E-state index contributed by atoms with van der Waals surface area (Å²) in [6.07, 6.45) is 1.87.